The van der Waals surface area contributed by atoms with Gasteiger partial charge in [-0.15, -0.1) is 0 Å². The third kappa shape index (κ3) is 3.29. The number of likely N-dealkylation sites (N-methyl/N-ethyl adjacent to an activating group) is 1. The molecule has 1 unspecified atom stereocenters. The summed E-state index contributed by atoms with van der Waals surface area (Å²) < 4.78 is 0. The summed E-state index contributed by atoms with van der Waals surface area (Å²) in [4.78, 5) is 13.9. The molecule has 3 heteroatoms. The number of carbonyl (C=O) groups excluding carboxylic acids is 1. The SMILES string of the molecule is CN1CCCC1C(=O)NCC(C)(C)C. The first kappa shape index (κ1) is 11.5. The standard InChI is InChI=1S/C11H22N2O/c1-11(2,3)8-12-10(14)9-6-5-7-13(9)4/h9H,5-8H2,1-4H3,(H,12,14). The molecule has 0 bridgehead atoms. The number of nitrogens with zero attached hydrogens (tertiary/aromatic N) is 1. The van der Waals surface area contributed by atoms with Gasteiger partial charge in [-0.25, -0.2) is 0 Å². The summed E-state index contributed by atoms with van der Waals surface area (Å²) in [6, 6.07) is 0.109. The molecule has 1 N–H and O–H groups in total. The van der Waals surface area contributed by atoms with E-state index < -0.39 is 0 Å². The molecule has 1 heterocycles. The van der Waals surface area contributed by atoms with Crippen molar-refractivity contribution in [3.63, 3.8) is 0 Å². The Hall–Kier alpha value is -0.570. The van der Waals surface area contributed by atoms with Crippen molar-refractivity contribution in [1.82, 2.24) is 10.2 Å². The van der Waals surface area contributed by atoms with Crippen LogP contribution in [-0.4, -0.2) is 37.0 Å². The smallest absolute Gasteiger partial charge is 0.237 e. The molecule has 14 heavy (non-hydrogen) atoms. The Balaban J connectivity index is 2.35. The van der Waals surface area contributed by atoms with Crippen LogP contribution in [0.15, 0.2) is 0 Å². The zero-order valence-electron chi connectivity index (χ0n) is 9.76. The molecule has 1 fully saturated rings. The summed E-state index contributed by atoms with van der Waals surface area (Å²) in [6.07, 6.45) is 2.15. The molecule has 0 radical (unpaired) electrons. The van der Waals surface area contributed by atoms with E-state index in [2.05, 4.69) is 31.0 Å². The van der Waals surface area contributed by atoms with E-state index in [1.165, 1.54) is 0 Å². The fourth-order valence-corrected chi connectivity index (χ4v) is 1.71. The molecule has 1 rings (SSSR count). The van der Waals surface area contributed by atoms with Crippen LogP contribution in [0.1, 0.15) is 33.6 Å². The van der Waals surface area contributed by atoms with Gasteiger partial charge in [0.2, 0.25) is 5.91 Å². The highest BCUT2D eigenvalue weighted by Crippen LogP contribution is 2.16. The number of amides is 1. The third-order valence-corrected chi connectivity index (χ3v) is 2.62. The van der Waals surface area contributed by atoms with Gasteiger partial charge in [0.1, 0.15) is 0 Å². The van der Waals surface area contributed by atoms with Crippen LogP contribution in [0.3, 0.4) is 0 Å². The Kier molecular flexibility index (Phi) is 3.53. The summed E-state index contributed by atoms with van der Waals surface area (Å²) >= 11 is 0. The highest BCUT2D eigenvalue weighted by Gasteiger charge is 2.28. The van der Waals surface area contributed by atoms with Crippen molar-refractivity contribution in [1.29, 1.82) is 0 Å². The lowest BCUT2D eigenvalue weighted by atomic mass is 9.97. The molecule has 1 aliphatic heterocycles. The van der Waals surface area contributed by atoms with E-state index in [9.17, 15) is 4.79 Å². The summed E-state index contributed by atoms with van der Waals surface area (Å²) in [5.41, 5.74) is 0.173. The Bertz CT molecular complexity index is 208. The van der Waals surface area contributed by atoms with Crippen molar-refractivity contribution in [2.24, 2.45) is 5.41 Å². The molecule has 0 aromatic rings. The maximum absolute atomic E-state index is 11.7. The van der Waals surface area contributed by atoms with E-state index in [4.69, 9.17) is 0 Å². The average molecular weight is 198 g/mol. The first-order valence-electron chi connectivity index (χ1n) is 5.38. The molecule has 1 saturated heterocycles. The molecule has 0 aliphatic carbocycles. The molecule has 1 amide bonds. The van der Waals surface area contributed by atoms with Crippen LogP contribution in [0.4, 0.5) is 0 Å². The van der Waals surface area contributed by atoms with Crippen molar-refractivity contribution in [3.8, 4) is 0 Å². The van der Waals surface area contributed by atoms with Gasteiger partial charge >= 0.3 is 0 Å². The lowest BCUT2D eigenvalue weighted by molar-refractivity contribution is -0.125. The zero-order chi connectivity index (χ0) is 10.8. The molecule has 0 aromatic carbocycles. The molecular weight excluding hydrogens is 176 g/mol. The maximum atomic E-state index is 11.7. The van der Waals surface area contributed by atoms with Crippen molar-refractivity contribution in [3.05, 3.63) is 0 Å². The van der Waals surface area contributed by atoms with E-state index in [-0.39, 0.29) is 17.4 Å². The fraction of sp³-hybridized carbons (Fsp3) is 0.909. The minimum absolute atomic E-state index is 0.109. The van der Waals surface area contributed by atoms with E-state index in [0.717, 1.165) is 25.9 Å². The molecular formula is C11H22N2O. The Morgan fingerprint density at radius 2 is 2.14 bits per heavy atom. The number of hydrogen-bond donors (Lipinski definition) is 1. The average Bonchev–Trinajstić information content (AvgIpc) is 2.46. The van der Waals surface area contributed by atoms with Gasteiger partial charge in [-0.05, 0) is 31.8 Å². The number of hydrogen-bond acceptors (Lipinski definition) is 2. The van der Waals surface area contributed by atoms with Crippen LogP contribution in [0.2, 0.25) is 0 Å². The summed E-state index contributed by atoms with van der Waals surface area (Å²) in [5.74, 6) is 0.194. The van der Waals surface area contributed by atoms with Crippen LogP contribution < -0.4 is 5.32 Å². The molecule has 1 aliphatic rings. The summed E-state index contributed by atoms with van der Waals surface area (Å²) in [7, 11) is 2.02. The summed E-state index contributed by atoms with van der Waals surface area (Å²) in [6.45, 7) is 8.20. The van der Waals surface area contributed by atoms with Crippen LogP contribution in [0.25, 0.3) is 0 Å². The molecule has 3 nitrogen and oxygen atoms in total. The first-order valence-corrected chi connectivity index (χ1v) is 5.38. The number of rotatable bonds is 2. The van der Waals surface area contributed by atoms with Gasteiger partial charge in [-0.2, -0.15) is 0 Å². The lowest BCUT2D eigenvalue weighted by Gasteiger charge is -2.23. The number of nitrogens with one attached hydrogen (secondary N) is 1. The van der Waals surface area contributed by atoms with E-state index in [0.29, 0.717) is 0 Å². The summed E-state index contributed by atoms with van der Waals surface area (Å²) in [5, 5.41) is 3.01. The minimum atomic E-state index is 0.109. The zero-order valence-corrected chi connectivity index (χ0v) is 9.76. The molecule has 0 spiro atoms. The lowest BCUT2D eigenvalue weighted by Crippen LogP contribution is -2.44. The highest BCUT2D eigenvalue weighted by atomic mass is 16.2. The second kappa shape index (κ2) is 4.30. The van der Waals surface area contributed by atoms with Crippen LogP contribution in [0.5, 0.6) is 0 Å². The van der Waals surface area contributed by atoms with Crippen molar-refractivity contribution in [2.45, 2.75) is 39.7 Å². The Morgan fingerprint density at radius 3 is 2.57 bits per heavy atom. The van der Waals surface area contributed by atoms with Crippen molar-refractivity contribution in [2.75, 3.05) is 20.1 Å². The van der Waals surface area contributed by atoms with Crippen LogP contribution in [0, 0.1) is 5.41 Å². The predicted molar refractivity (Wildman–Crippen MR) is 58.1 cm³/mol. The van der Waals surface area contributed by atoms with Gasteiger partial charge in [-0.1, -0.05) is 20.8 Å². The Morgan fingerprint density at radius 1 is 1.50 bits per heavy atom. The maximum Gasteiger partial charge on any atom is 0.237 e. The van der Waals surface area contributed by atoms with Crippen molar-refractivity contribution < 1.29 is 4.79 Å². The molecule has 1 atom stereocenters. The second-order valence-corrected chi connectivity index (χ2v) is 5.42. The van der Waals surface area contributed by atoms with E-state index >= 15 is 0 Å². The van der Waals surface area contributed by atoms with Crippen LogP contribution >= 0.6 is 0 Å². The Labute approximate surface area is 86.9 Å². The minimum Gasteiger partial charge on any atom is -0.354 e. The van der Waals surface area contributed by atoms with Gasteiger partial charge in [0, 0.05) is 6.54 Å². The van der Waals surface area contributed by atoms with Gasteiger partial charge in [0.25, 0.3) is 0 Å². The van der Waals surface area contributed by atoms with Crippen LogP contribution in [-0.2, 0) is 4.79 Å². The quantitative estimate of drug-likeness (QED) is 0.724. The number of carbonyl (C=O) groups is 1. The molecule has 0 saturated carbocycles. The largest absolute Gasteiger partial charge is 0.354 e. The predicted octanol–water partition coefficient (Wildman–Crippen LogP) is 1.24. The highest BCUT2D eigenvalue weighted by molar-refractivity contribution is 5.82. The monoisotopic (exact) mass is 198 g/mol. The number of likely N-dealkylation sites (tertiary alicyclic amines) is 1. The van der Waals surface area contributed by atoms with Gasteiger partial charge in [0.15, 0.2) is 0 Å². The molecule has 82 valence electrons. The third-order valence-electron chi connectivity index (χ3n) is 2.62. The molecule has 0 aromatic heterocycles. The van der Waals surface area contributed by atoms with Gasteiger partial charge in [-0.3, -0.25) is 9.69 Å². The van der Waals surface area contributed by atoms with Gasteiger partial charge < -0.3 is 5.32 Å². The van der Waals surface area contributed by atoms with Gasteiger partial charge in [0.05, 0.1) is 6.04 Å². The second-order valence-electron chi connectivity index (χ2n) is 5.42. The first-order chi connectivity index (χ1) is 6.40. The van der Waals surface area contributed by atoms with E-state index in [1.54, 1.807) is 0 Å². The topological polar surface area (TPSA) is 32.3 Å². The van der Waals surface area contributed by atoms with E-state index in [1.807, 2.05) is 7.05 Å². The fourth-order valence-electron chi connectivity index (χ4n) is 1.71. The normalized spacial score (nSPS) is 23.9. The van der Waals surface area contributed by atoms with Crippen molar-refractivity contribution >= 4 is 5.91 Å².